The molecule has 0 aromatic carbocycles. The van der Waals surface area contributed by atoms with E-state index in [0.717, 1.165) is 77.5 Å². The maximum absolute atomic E-state index is 13.6. The van der Waals surface area contributed by atoms with Crippen molar-refractivity contribution in [1.29, 1.82) is 5.41 Å². The van der Waals surface area contributed by atoms with Crippen LogP contribution < -0.4 is 27.4 Å². The van der Waals surface area contributed by atoms with Crippen molar-refractivity contribution in [2.24, 2.45) is 11.5 Å². The SMILES string of the molecule is CCCCCCCCCCCCCCCCOCCCOP(=O)(O)C(N)(CCCNC)P(=O)(O)O.CCCCCCCCCCCCCCCCOCCCOP(=O)(OC)C(N)(CCCNC)P(=O)(OC)OC.CCCCCCCCCCOCOCCCCCCCC[P+](=O)OC.CNCCCC=N. The summed E-state index contributed by atoms with van der Waals surface area (Å²) >= 11 is 0. The van der Waals surface area contributed by atoms with E-state index < -0.39 is 48.5 Å². The zero-order valence-electron chi connectivity index (χ0n) is 69.0. The highest BCUT2D eigenvalue weighted by molar-refractivity contribution is 7.74. The van der Waals surface area contributed by atoms with E-state index in [1.165, 1.54) is 259 Å². The van der Waals surface area contributed by atoms with Crippen molar-refractivity contribution in [3.8, 4) is 0 Å². The van der Waals surface area contributed by atoms with Gasteiger partial charge in [-0.05, 0) is 141 Å². The topological polar surface area (TPSA) is 350 Å². The van der Waals surface area contributed by atoms with Gasteiger partial charge in [-0.1, -0.05) is 252 Å². The van der Waals surface area contributed by atoms with Crippen LogP contribution in [0.15, 0.2) is 0 Å². The van der Waals surface area contributed by atoms with Crippen molar-refractivity contribution in [3.63, 3.8) is 0 Å². The largest absolute Gasteiger partial charge is 0.507 e. The van der Waals surface area contributed by atoms with E-state index in [9.17, 15) is 37.5 Å². The van der Waals surface area contributed by atoms with Crippen LogP contribution in [0, 0.1) is 5.41 Å². The molecule has 0 heterocycles. The minimum absolute atomic E-state index is 0.0769. The van der Waals surface area contributed by atoms with Crippen LogP contribution in [0.4, 0.5) is 0 Å². The molecular formula is C76H168N6O18P5+. The lowest BCUT2D eigenvalue weighted by Crippen LogP contribution is -2.42. The molecule has 5 atom stereocenters. The molecule has 0 aliphatic rings. The zero-order valence-corrected chi connectivity index (χ0v) is 73.5. The molecule has 0 aromatic heterocycles. The molecule has 0 amide bonds. The molecule has 105 heavy (non-hydrogen) atoms. The van der Waals surface area contributed by atoms with Gasteiger partial charge < -0.3 is 89.1 Å². The summed E-state index contributed by atoms with van der Waals surface area (Å²) in [5.74, 6) is 0. The molecule has 0 aliphatic heterocycles. The molecular weight excluding hydrogens is 1440 g/mol. The predicted molar refractivity (Wildman–Crippen MR) is 440 cm³/mol. The highest BCUT2D eigenvalue weighted by Gasteiger charge is 2.62. The van der Waals surface area contributed by atoms with E-state index in [-0.39, 0.29) is 32.5 Å². The molecule has 5 unspecified atom stereocenters. The molecule has 0 rings (SSSR count). The lowest BCUT2D eigenvalue weighted by molar-refractivity contribution is -0.0556. The number of rotatable bonds is 80. The molecule has 0 spiro atoms. The van der Waals surface area contributed by atoms with Gasteiger partial charge in [0.2, 0.25) is 10.0 Å². The predicted octanol–water partition coefficient (Wildman–Crippen LogP) is 21.2. The summed E-state index contributed by atoms with van der Waals surface area (Å²) in [5.41, 5.74) is 12.1. The Balaban J connectivity index is -0.000000707. The van der Waals surface area contributed by atoms with Crippen molar-refractivity contribution in [2.75, 3.05) is 135 Å². The first kappa shape index (κ1) is 111. The quantitative estimate of drug-likeness (QED) is 0.0118. The minimum atomic E-state index is -5.06. The smallest absolute Gasteiger partial charge is 0.381 e. The Hall–Kier alpha value is -0.0300. The Morgan fingerprint density at radius 3 is 0.962 bits per heavy atom. The summed E-state index contributed by atoms with van der Waals surface area (Å²) < 4.78 is 115. The first-order valence-corrected chi connectivity index (χ1v) is 49.1. The first-order chi connectivity index (χ1) is 50.6. The van der Waals surface area contributed by atoms with Crippen LogP contribution in [0.1, 0.15) is 342 Å². The number of nitrogens with one attached hydrogen (secondary N) is 4. The summed E-state index contributed by atoms with van der Waals surface area (Å²) in [6, 6.07) is 0. The fraction of sp³-hybridized carbons (Fsp3) is 0.987. The Morgan fingerprint density at radius 2 is 0.657 bits per heavy atom. The molecule has 0 bridgehead atoms. The third-order valence-corrected chi connectivity index (χ3v) is 29.8. The number of ether oxygens (including phenoxy) is 4. The van der Waals surface area contributed by atoms with E-state index in [4.69, 9.17) is 63.0 Å². The second-order valence-corrected chi connectivity index (χ2v) is 38.9. The molecule has 24 nitrogen and oxygen atoms in total. The van der Waals surface area contributed by atoms with Crippen LogP contribution in [0.25, 0.3) is 0 Å². The van der Waals surface area contributed by atoms with Crippen molar-refractivity contribution < 1.29 is 83.6 Å². The second kappa shape index (κ2) is 82.0. The maximum atomic E-state index is 13.6. The lowest BCUT2D eigenvalue weighted by atomic mass is 10.0. The number of hydrogen-bond donors (Lipinski definition) is 9. The third kappa shape index (κ3) is 66.0. The highest BCUT2D eigenvalue weighted by atomic mass is 31.2. The Labute approximate surface area is 644 Å². The molecule has 11 N–H and O–H groups in total. The lowest BCUT2D eigenvalue weighted by Gasteiger charge is -2.38. The van der Waals surface area contributed by atoms with E-state index in [1.807, 2.05) is 7.05 Å². The number of unbranched alkanes of at least 4 members (excludes halogenated alkanes) is 39. The molecule has 0 aliphatic carbocycles. The van der Waals surface area contributed by atoms with E-state index in [2.05, 4.69) is 36.7 Å². The molecule has 0 saturated carbocycles. The van der Waals surface area contributed by atoms with Gasteiger partial charge in [0.15, 0.2) is 6.16 Å². The zero-order chi connectivity index (χ0) is 79.0. The molecule has 634 valence electrons. The molecule has 0 fully saturated rings. The average Bonchev–Trinajstić information content (AvgIpc) is 0.757. The van der Waals surface area contributed by atoms with Crippen molar-refractivity contribution >= 4 is 44.6 Å². The molecule has 0 saturated heterocycles. The minimum Gasteiger partial charge on any atom is -0.381 e. The highest BCUT2D eigenvalue weighted by Crippen LogP contribution is 2.76. The molecule has 0 radical (unpaired) electrons. The fourth-order valence-electron chi connectivity index (χ4n) is 11.6. The number of nitrogens with two attached hydrogens (primary N) is 2. The van der Waals surface area contributed by atoms with Gasteiger partial charge in [-0.15, -0.1) is 4.52 Å². The fourth-order valence-corrected chi connectivity index (χ4v) is 20.0. The number of hydrogen-bond acceptors (Lipinski definition) is 21. The summed E-state index contributed by atoms with van der Waals surface area (Å²) in [7, 11) is -8.65. The average molecular weight is 1610 g/mol. The second-order valence-electron chi connectivity index (χ2n) is 27.8. The van der Waals surface area contributed by atoms with Crippen LogP contribution in [0.3, 0.4) is 0 Å². The normalized spacial score (nSPS) is 14.2. The van der Waals surface area contributed by atoms with E-state index in [1.54, 1.807) is 14.1 Å². The molecule has 0 aromatic rings. The Bertz CT molecular complexity index is 2030. The summed E-state index contributed by atoms with van der Waals surface area (Å²) in [5, 5.41) is 10.9. The Morgan fingerprint density at radius 1 is 0.371 bits per heavy atom. The van der Waals surface area contributed by atoms with Crippen LogP contribution in [-0.4, -0.2) is 166 Å². The van der Waals surface area contributed by atoms with Gasteiger partial charge in [0.05, 0.1) is 20.3 Å². The molecule has 29 heteroatoms. The standard InChI is InChI=1S/C27H60N2O7P2.C24H54N2O7P2.C20H42O4P.C5H12N2/c1-6-7-8-9-10-11-12-13-14-15-16-17-18-19-24-35-25-21-26-36-38(31,34-5)27(28,22-20-23-29-2)37(30,32-3)33-4;1-3-4-5-6-7-8-9-10-11-12-13-14-15-16-21-32-22-18-23-33-35(30,31)24(25,34(27,28)29)19-17-20-26-2;1-3-4-5-6-7-8-11-14-17-23-20-24-18-15-12-9-10-13-16-19-25(21)22-2;1-7-5-3-2-4-6/h29H,6-26,28H2,1-5H3;26H,3-23,25H2,1-2H3,(H,30,31)(H2,27,28,29);3-20H2,1-2H3;4,6-7H,2-3,5H2,1H3/q;;+1;. The van der Waals surface area contributed by atoms with Gasteiger partial charge in [-0.2, -0.15) is 0 Å². The summed E-state index contributed by atoms with van der Waals surface area (Å²) in [4.78, 5) is 29.3. The maximum Gasteiger partial charge on any atom is 0.507 e. The van der Waals surface area contributed by atoms with E-state index in [0.29, 0.717) is 71.7 Å². The van der Waals surface area contributed by atoms with Crippen molar-refractivity contribution in [1.82, 2.24) is 16.0 Å². The van der Waals surface area contributed by atoms with Gasteiger partial charge in [0.1, 0.15) is 6.79 Å². The monoisotopic (exact) mass is 1610 g/mol. The van der Waals surface area contributed by atoms with Crippen LogP contribution in [0.2, 0.25) is 0 Å². The van der Waals surface area contributed by atoms with Crippen molar-refractivity contribution in [2.45, 2.75) is 352 Å². The summed E-state index contributed by atoms with van der Waals surface area (Å²) in [6.45, 7) is 13.0. The van der Waals surface area contributed by atoms with Gasteiger partial charge in [0.25, 0.3) is 0 Å². The van der Waals surface area contributed by atoms with Gasteiger partial charge in [0, 0.05) is 61.0 Å². The van der Waals surface area contributed by atoms with Gasteiger partial charge in [-0.3, -0.25) is 18.3 Å². The first-order valence-electron chi connectivity index (χ1n) is 41.5. The van der Waals surface area contributed by atoms with Crippen LogP contribution in [-0.2, 0) is 68.9 Å². The van der Waals surface area contributed by atoms with Crippen LogP contribution >= 0.6 is 38.4 Å². The van der Waals surface area contributed by atoms with Gasteiger partial charge in [-0.25, -0.2) is 0 Å². The van der Waals surface area contributed by atoms with Crippen LogP contribution in [0.5, 0.6) is 0 Å². The van der Waals surface area contributed by atoms with Gasteiger partial charge >= 0.3 is 38.4 Å². The third-order valence-electron chi connectivity index (χ3n) is 18.5. The van der Waals surface area contributed by atoms with Crippen molar-refractivity contribution in [3.05, 3.63) is 0 Å². The Kier molecular flexibility index (Phi) is 86.9. The van der Waals surface area contributed by atoms with E-state index >= 15 is 0 Å². The summed E-state index contributed by atoms with van der Waals surface area (Å²) in [6.07, 6.45) is 59.8.